The lowest BCUT2D eigenvalue weighted by atomic mass is 9.94. The highest BCUT2D eigenvalue weighted by Crippen LogP contribution is 2.50. The predicted octanol–water partition coefficient (Wildman–Crippen LogP) is 7.66. The summed E-state index contributed by atoms with van der Waals surface area (Å²) in [5.41, 5.74) is 12.6. The maximum atomic E-state index is 6.71. The van der Waals surface area contributed by atoms with Crippen molar-refractivity contribution in [1.29, 1.82) is 0 Å². The number of benzene rings is 4. The molecule has 0 fully saturated rings. The van der Waals surface area contributed by atoms with E-state index in [9.17, 15) is 0 Å². The smallest absolute Gasteiger partial charge is 0.404 e. The van der Waals surface area contributed by atoms with E-state index in [2.05, 4.69) is 160 Å². The summed E-state index contributed by atoms with van der Waals surface area (Å²) in [6, 6.07) is 41.0. The van der Waals surface area contributed by atoms with E-state index in [0.29, 0.717) is 0 Å². The quantitative estimate of drug-likeness (QED) is 0.193. The maximum absolute atomic E-state index is 6.71. The fourth-order valence-electron chi connectivity index (χ4n) is 8.52. The zero-order valence-corrected chi connectivity index (χ0v) is 25.3. The number of pyridine rings is 2. The Labute approximate surface area is 264 Å². The number of hydrogen-bond donors (Lipinski definition) is 0. The van der Waals surface area contributed by atoms with Crippen molar-refractivity contribution in [2.45, 2.75) is 19.6 Å². The number of imidazole rings is 1. The molecule has 8 aromatic rings. The average molecular weight is 594 g/mol. The first-order valence-electron chi connectivity index (χ1n) is 15.7. The zero-order chi connectivity index (χ0) is 30.3. The Kier molecular flexibility index (Phi) is 4.32. The van der Waals surface area contributed by atoms with Crippen LogP contribution < -0.4 is 13.9 Å². The molecule has 0 radical (unpaired) electrons. The lowest BCUT2D eigenvalue weighted by Gasteiger charge is -2.33. The van der Waals surface area contributed by atoms with Crippen molar-refractivity contribution in [3.63, 3.8) is 0 Å². The standard InChI is InChI=1S/C40H27N5O/c1-24-21-27(26-11-4-3-5-12-26)22-25(2)36(24)30-23-43-38(41-30)33-17-9-19-35-45(33)40(43)37-32(16-8-18-34(37)46-35)44-31-15-7-6-13-28(31)29-14-10-20-42(40)39(29)44/h3-23H,1-2H3/q+2. The fraction of sp³-hybridized carbons (Fsp3) is 0.0750. The number of rotatable bonds is 2. The second kappa shape index (κ2) is 8.17. The van der Waals surface area contributed by atoms with Crippen molar-refractivity contribution >= 4 is 21.9 Å². The number of hydrogen-bond acceptors (Lipinski definition) is 2. The molecule has 46 heavy (non-hydrogen) atoms. The molecule has 3 aliphatic heterocycles. The van der Waals surface area contributed by atoms with E-state index >= 15 is 0 Å². The van der Waals surface area contributed by atoms with Crippen LogP contribution in [0.15, 0.2) is 128 Å². The molecule has 0 bridgehead atoms. The molecule has 0 saturated heterocycles. The van der Waals surface area contributed by atoms with Crippen LogP contribution in [0.25, 0.3) is 61.5 Å². The summed E-state index contributed by atoms with van der Waals surface area (Å²) in [5, 5.41) is 2.44. The van der Waals surface area contributed by atoms with Gasteiger partial charge < -0.3 is 4.74 Å². The Balaban J connectivity index is 1.26. The van der Waals surface area contributed by atoms with E-state index in [1.165, 1.54) is 44.1 Å². The van der Waals surface area contributed by atoms with Crippen molar-refractivity contribution in [3.8, 4) is 51.2 Å². The number of fused-ring (bicyclic) bond motifs is 6. The molecular weight excluding hydrogens is 566 g/mol. The molecule has 3 aliphatic rings. The van der Waals surface area contributed by atoms with E-state index in [1.54, 1.807) is 0 Å². The van der Waals surface area contributed by atoms with Crippen molar-refractivity contribution < 1.29 is 13.9 Å². The Morgan fingerprint density at radius 2 is 1.52 bits per heavy atom. The van der Waals surface area contributed by atoms with Crippen LogP contribution in [-0.2, 0) is 5.79 Å². The summed E-state index contributed by atoms with van der Waals surface area (Å²) < 4.78 is 16.3. The number of ether oxygens (including phenoxy) is 1. The van der Waals surface area contributed by atoms with Crippen LogP contribution in [0.4, 0.5) is 0 Å². The summed E-state index contributed by atoms with van der Waals surface area (Å²) in [4.78, 5) is 5.44. The largest absolute Gasteiger partial charge is 0.438 e. The van der Waals surface area contributed by atoms with Crippen LogP contribution in [0, 0.1) is 13.8 Å². The fourth-order valence-corrected chi connectivity index (χ4v) is 8.52. The summed E-state index contributed by atoms with van der Waals surface area (Å²) in [5.74, 6) is 1.78. The molecule has 0 amide bonds. The zero-order valence-electron chi connectivity index (χ0n) is 25.3. The minimum absolute atomic E-state index is 0.785. The normalized spacial score (nSPS) is 16.3. The minimum Gasteiger partial charge on any atom is -0.404 e. The second-order valence-electron chi connectivity index (χ2n) is 12.6. The molecule has 0 aliphatic carbocycles. The number of para-hydroxylation sites is 1. The highest BCUT2D eigenvalue weighted by Gasteiger charge is 2.68. The molecule has 216 valence electrons. The van der Waals surface area contributed by atoms with Gasteiger partial charge in [-0.3, -0.25) is 0 Å². The topological polar surface area (TPSA) is 39.7 Å². The molecular formula is C40H27N5O+2. The van der Waals surface area contributed by atoms with Crippen LogP contribution in [0.2, 0.25) is 0 Å². The molecule has 1 unspecified atom stereocenters. The SMILES string of the molecule is Cc1cc(-c2ccccc2)cc(C)c1-c1cn2c(n1)-c1cccc3[n+]1C21c2c(cccc2-n2c4ccccc4c4ccc[n+]1c42)O3. The van der Waals surface area contributed by atoms with Gasteiger partial charge in [-0.15, -0.1) is 4.57 Å². The van der Waals surface area contributed by atoms with Gasteiger partial charge in [0.15, 0.2) is 17.0 Å². The summed E-state index contributed by atoms with van der Waals surface area (Å²) >= 11 is 0. The van der Waals surface area contributed by atoms with Gasteiger partial charge in [0, 0.05) is 23.2 Å². The molecule has 4 aromatic heterocycles. The van der Waals surface area contributed by atoms with Gasteiger partial charge in [0.2, 0.25) is 5.82 Å². The molecule has 0 N–H and O–H groups in total. The number of aromatic nitrogens is 5. The van der Waals surface area contributed by atoms with Crippen LogP contribution in [0.1, 0.15) is 16.7 Å². The monoisotopic (exact) mass is 593 g/mol. The number of aryl methyl sites for hydroxylation is 2. The molecule has 4 aromatic carbocycles. The summed E-state index contributed by atoms with van der Waals surface area (Å²) in [6.45, 7) is 4.41. The van der Waals surface area contributed by atoms with Crippen LogP contribution in [-0.4, -0.2) is 14.1 Å². The van der Waals surface area contributed by atoms with Gasteiger partial charge in [-0.25, -0.2) is 9.55 Å². The van der Waals surface area contributed by atoms with Gasteiger partial charge >= 0.3 is 17.3 Å². The minimum atomic E-state index is -0.785. The average Bonchev–Trinajstić information content (AvgIpc) is 3.74. The highest BCUT2D eigenvalue weighted by atomic mass is 16.5. The maximum Gasteiger partial charge on any atom is 0.438 e. The van der Waals surface area contributed by atoms with E-state index in [-0.39, 0.29) is 0 Å². The van der Waals surface area contributed by atoms with Gasteiger partial charge in [0.05, 0.1) is 17.1 Å². The van der Waals surface area contributed by atoms with Crippen molar-refractivity contribution in [2.75, 3.05) is 0 Å². The Morgan fingerprint density at radius 1 is 0.739 bits per heavy atom. The molecule has 7 heterocycles. The van der Waals surface area contributed by atoms with E-state index in [4.69, 9.17) is 9.72 Å². The Bertz CT molecular complexity index is 2620. The summed E-state index contributed by atoms with van der Waals surface area (Å²) in [6.07, 6.45) is 4.48. The van der Waals surface area contributed by atoms with Gasteiger partial charge in [-0.2, -0.15) is 4.57 Å². The first kappa shape index (κ1) is 24.3. The van der Waals surface area contributed by atoms with Crippen LogP contribution in [0.3, 0.4) is 0 Å². The molecule has 1 atom stereocenters. The molecule has 6 nitrogen and oxygen atoms in total. The lowest BCUT2D eigenvalue weighted by molar-refractivity contribution is -0.973. The number of nitrogens with zero attached hydrogens (tertiary/aromatic N) is 5. The third kappa shape index (κ3) is 2.69. The molecule has 11 rings (SSSR count). The van der Waals surface area contributed by atoms with E-state index in [1.807, 2.05) is 0 Å². The van der Waals surface area contributed by atoms with Gasteiger partial charge in [0.25, 0.3) is 5.69 Å². The Morgan fingerprint density at radius 3 is 2.39 bits per heavy atom. The third-order valence-corrected chi connectivity index (χ3v) is 10.2. The molecule has 6 heteroatoms. The Hall–Kier alpha value is -6.01. The van der Waals surface area contributed by atoms with Gasteiger partial charge in [-0.05, 0) is 78.6 Å². The van der Waals surface area contributed by atoms with Crippen molar-refractivity contribution in [1.82, 2.24) is 14.1 Å². The highest BCUT2D eigenvalue weighted by molar-refractivity contribution is 6.07. The van der Waals surface area contributed by atoms with Gasteiger partial charge in [-0.1, -0.05) is 65.2 Å². The van der Waals surface area contributed by atoms with E-state index in [0.717, 1.165) is 45.7 Å². The van der Waals surface area contributed by atoms with Crippen LogP contribution in [0.5, 0.6) is 11.6 Å². The predicted molar refractivity (Wildman–Crippen MR) is 177 cm³/mol. The van der Waals surface area contributed by atoms with Gasteiger partial charge in [0.1, 0.15) is 11.7 Å². The summed E-state index contributed by atoms with van der Waals surface area (Å²) in [7, 11) is 0. The third-order valence-electron chi connectivity index (χ3n) is 10.2. The second-order valence-corrected chi connectivity index (χ2v) is 12.6. The lowest BCUT2D eigenvalue weighted by Crippen LogP contribution is -2.78. The van der Waals surface area contributed by atoms with E-state index < -0.39 is 5.79 Å². The van der Waals surface area contributed by atoms with Crippen molar-refractivity contribution in [3.05, 3.63) is 144 Å². The molecule has 1 spiro atoms. The van der Waals surface area contributed by atoms with Crippen molar-refractivity contribution in [2.24, 2.45) is 0 Å². The first-order valence-corrected chi connectivity index (χ1v) is 15.7. The molecule has 0 saturated carbocycles. The first-order chi connectivity index (χ1) is 22.6. The van der Waals surface area contributed by atoms with Crippen LogP contribution >= 0.6 is 0 Å².